The van der Waals surface area contributed by atoms with E-state index in [-0.39, 0.29) is 262 Å². The van der Waals surface area contributed by atoms with Gasteiger partial charge in [-0.15, -0.1) is 15.3 Å². The van der Waals surface area contributed by atoms with E-state index in [0.717, 1.165) is 81.3 Å². The van der Waals surface area contributed by atoms with Gasteiger partial charge in [-0.1, -0.05) is 213 Å². The molecule has 0 bridgehead atoms. The fourth-order valence-electron chi connectivity index (χ4n) is 10.4. The molecule has 0 amide bonds. The number of nitrogens with zero attached hydrogens (tertiary/aromatic N) is 27. The molecule has 0 aliphatic carbocycles. The summed E-state index contributed by atoms with van der Waals surface area (Å²) in [4.78, 5) is 34.7. The second-order valence-corrected chi connectivity index (χ2v) is 26.3. The Bertz CT molecular complexity index is 3200. The Kier molecular flexibility index (Phi) is 137. The molecule has 0 atom stereocenters. The van der Waals surface area contributed by atoms with E-state index >= 15 is 0 Å². The van der Waals surface area contributed by atoms with Crippen molar-refractivity contribution in [3.63, 3.8) is 0 Å². The number of aromatic nitrogens is 19. The molecule has 0 saturated heterocycles. The monoisotopic (exact) mass is 2470 g/mol. The summed E-state index contributed by atoms with van der Waals surface area (Å²) in [5.41, 5.74) is 5.02. The largest absolute Gasteiger partial charge is 0.368 e. The van der Waals surface area contributed by atoms with Gasteiger partial charge in [0.05, 0.1) is 88.2 Å². The van der Waals surface area contributed by atoms with Crippen molar-refractivity contribution < 1.29 is 262 Å². The molecule has 8 aromatic heterocycles. The van der Waals surface area contributed by atoms with Gasteiger partial charge in [0, 0.05) is 440 Å². The van der Waals surface area contributed by atoms with Crippen molar-refractivity contribution in [2.24, 2.45) is 0 Å². The Morgan fingerprint density at radius 1 is 0.231 bits per heavy atom. The van der Waals surface area contributed by atoms with Crippen LogP contribution in [0.4, 0.5) is 0 Å². The average Bonchev–Trinajstić information content (AvgIpc) is 1.79. The minimum absolute atomic E-state index is 0. The van der Waals surface area contributed by atoms with E-state index in [4.69, 9.17) is 0 Å². The van der Waals surface area contributed by atoms with Gasteiger partial charge in [0.15, 0.2) is 17.5 Å². The van der Waals surface area contributed by atoms with Crippen LogP contribution in [0, 0.1) is 0 Å². The first-order valence-corrected chi connectivity index (χ1v) is 48.4. The summed E-state index contributed by atoms with van der Waals surface area (Å²) in [7, 11) is 0. The van der Waals surface area contributed by atoms with Crippen LogP contribution in [0.2, 0.25) is 0 Å². The number of imidazole rings is 2. The maximum atomic E-state index is 4.26. The number of hydrogen-bond acceptors (Lipinski definition) is 19. The maximum absolute atomic E-state index is 4.26. The first kappa shape index (κ1) is 166. The molecule has 0 unspecified atom stereocenters. The van der Waals surface area contributed by atoms with Crippen molar-refractivity contribution >= 4 is 49.6 Å². The molecule has 16 heterocycles. The maximum Gasteiger partial charge on any atom is 0.156 e. The molecule has 8 radical (unpaired) electrons. The Balaban J connectivity index is -0.0000000884. The fourth-order valence-corrected chi connectivity index (χ4v) is 10.4. The SMILES string of the molecule is CC.CC.CC.CC.CC.CC.CC.CC.CC.CC.CC.CC.CC.CC.CC.CC(C)N1C=Cn2cccc2C1.CC(C)N1C=Cn2ccnc2C1.CC(C)N1C=Cn2cncc2C1.CC(C)N1C=Cn2cnnc2C1.CC(C)N1C=Cn2nccc2C1.CC(C)N1C=Cn2ncnc2C1.CC(C)N1C=Cn2ncnc2C1.CC(C)N1C=Cn2nncc2C1.[Y].[Y].[Y].[Y].[Y].[Y].[Y].[Y]. The second kappa shape index (κ2) is 110. The van der Waals surface area contributed by atoms with Crippen LogP contribution in [0.25, 0.3) is 49.6 Å². The van der Waals surface area contributed by atoms with E-state index in [9.17, 15) is 0 Å². The molecule has 134 heavy (non-hydrogen) atoms. The molecule has 8 aliphatic rings. The van der Waals surface area contributed by atoms with Gasteiger partial charge in [-0.3, -0.25) is 4.57 Å². The standard InChI is InChI=1S/C10H14N2.3C9H13N3.4C8H12N4.15C2H6.8Y/c1-9(2)12-7-6-11-5-3-4-10(11)8-12;1-8(2)11-3-4-12-7-10-5-9(12)6-11;1-8(2)12-6-5-11-4-3-10-9(11)7-12;1-8(2)11-5-6-12-9(7-11)3-4-10-12;1-7(2)11-3-4-12-6-9-10-8(12)5-11;2*1-7(2)11-3-4-12-8(5-11)9-6-10-12;1-7(2)11-3-4-12-8(6-11)5-9-10-12;15*1-2;;;;;;;;/h3-7,9H,8H2,1-2H3;3-5,7-8H,6H2,1-2H3;2*3-6,8H,7H2,1-2H3;3*3-4,6-7H,5H2,1-2H3;3-5,7H,6H2,1-2H3;15*1-2H3;;;;;;;;. The number of fused-ring (bicyclic) bond motifs is 8. The molecule has 8 aromatic rings. The third-order valence-electron chi connectivity index (χ3n) is 17.0. The summed E-state index contributed by atoms with van der Waals surface area (Å²) in [6.45, 7) is 102. The van der Waals surface area contributed by atoms with Gasteiger partial charge in [0.1, 0.15) is 24.8 Å². The number of hydrogen-bond donors (Lipinski definition) is 0. The summed E-state index contributed by atoms with van der Waals surface area (Å²) in [5, 5.41) is 27.8. The molecule has 0 spiro atoms. The van der Waals surface area contributed by atoms with Crippen LogP contribution in [0.3, 0.4) is 0 Å². The second-order valence-electron chi connectivity index (χ2n) is 26.3. The van der Waals surface area contributed by atoms with E-state index in [2.05, 4.69) is 281 Å². The summed E-state index contributed by atoms with van der Waals surface area (Å²) in [6.07, 6.45) is 50.9. The third-order valence-corrected chi connectivity index (χ3v) is 17.0. The zero-order valence-corrected chi connectivity index (χ0v) is 116. The smallest absolute Gasteiger partial charge is 0.156 e. The van der Waals surface area contributed by atoms with Crippen LogP contribution in [-0.4, -0.2) is 180 Å². The van der Waals surface area contributed by atoms with Crippen molar-refractivity contribution in [2.45, 2.75) is 419 Å². The van der Waals surface area contributed by atoms with Crippen LogP contribution < -0.4 is 0 Å². The normalized spacial score (nSPS) is 11.7. The van der Waals surface area contributed by atoms with Gasteiger partial charge in [-0.2, -0.15) is 15.3 Å². The van der Waals surface area contributed by atoms with E-state index in [1.807, 2.05) is 310 Å². The fraction of sp³-hybridized carbons (Fsp3) is 0.626. The minimum Gasteiger partial charge on any atom is -0.368 e. The molecule has 8 aliphatic heterocycles. The van der Waals surface area contributed by atoms with Gasteiger partial charge in [0.2, 0.25) is 0 Å². The predicted octanol–water partition coefficient (Wildman–Crippen LogP) is 25.8. The molecule has 0 N–H and O–H groups in total. The first-order valence-electron chi connectivity index (χ1n) is 48.4. The van der Waals surface area contributed by atoms with Gasteiger partial charge in [-0.25, -0.2) is 38.7 Å². The van der Waals surface area contributed by atoms with Gasteiger partial charge < -0.3 is 52.9 Å². The summed E-state index contributed by atoms with van der Waals surface area (Å²) in [5.74, 6) is 4.13. The van der Waals surface area contributed by atoms with Crippen LogP contribution in [0.5, 0.6) is 0 Å². The Morgan fingerprint density at radius 2 is 0.545 bits per heavy atom. The topological polar surface area (TPSA) is 207 Å². The average molecular weight is 2470 g/mol. The van der Waals surface area contributed by atoms with Crippen LogP contribution in [-0.2, 0) is 314 Å². The van der Waals surface area contributed by atoms with Gasteiger partial charge in [0.25, 0.3) is 0 Å². The zero-order valence-electron chi connectivity index (χ0n) is 93.7. The van der Waals surface area contributed by atoms with E-state index in [0.29, 0.717) is 48.3 Å². The Hall–Kier alpha value is -1.38. The first-order chi connectivity index (χ1) is 61.2. The minimum atomic E-state index is 0. The van der Waals surface area contributed by atoms with Crippen LogP contribution in [0.1, 0.15) is 365 Å². The van der Waals surface area contributed by atoms with E-state index < -0.39 is 0 Å². The molecule has 746 valence electrons. The number of rotatable bonds is 8. The van der Waals surface area contributed by atoms with Crippen molar-refractivity contribution in [3.8, 4) is 0 Å². The molecule has 16 rings (SSSR count). The molecule has 0 aromatic carbocycles. The van der Waals surface area contributed by atoms with Crippen LogP contribution >= 0.6 is 0 Å². The molecular formula is C99H191N27Y8. The Labute approximate surface area is 1020 Å². The van der Waals surface area contributed by atoms with Crippen molar-refractivity contribution in [3.05, 3.63) is 176 Å². The molecule has 0 fully saturated rings. The molecule has 35 heteroatoms. The van der Waals surface area contributed by atoms with Gasteiger partial charge >= 0.3 is 0 Å². The van der Waals surface area contributed by atoms with Crippen molar-refractivity contribution in [1.82, 2.24) is 132 Å². The van der Waals surface area contributed by atoms with Gasteiger partial charge in [-0.05, 0) is 129 Å². The summed E-state index contributed by atoms with van der Waals surface area (Å²) in [6, 6.07) is 10.7. The molecule has 27 nitrogen and oxygen atoms in total. The van der Waals surface area contributed by atoms with Crippen molar-refractivity contribution in [1.29, 1.82) is 0 Å². The quantitative estimate of drug-likeness (QED) is 0.139. The Morgan fingerprint density at radius 3 is 0.940 bits per heavy atom. The van der Waals surface area contributed by atoms with Crippen molar-refractivity contribution in [2.75, 3.05) is 0 Å². The summed E-state index contributed by atoms with van der Waals surface area (Å²) >= 11 is 0. The van der Waals surface area contributed by atoms with E-state index in [1.54, 1.807) is 39.2 Å². The molecule has 0 saturated carbocycles. The predicted molar refractivity (Wildman–Crippen MR) is 549 cm³/mol. The van der Waals surface area contributed by atoms with E-state index in [1.165, 1.54) is 17.1 Å². The van der Waals surface area contributed by atoms with Crippen LogP contribution in [0.15, 0.2) is 130 Å². The third kappa shape index (κ3) is 65.8. The molecular weight excluding hydrogens is 2280 g/mol. The zero-order chi connectivity index (χ0) is 98.4. The summed E-state index contributed by atoms with van der Waals surface area (Å²) < 4.78 is 15.5.